The molecule has 84 valence electrons. The number of hydrogen-bond donors (Lipinski definition) is 0. The van der Waals surface area contributed by atoms with Crippen LogP contribution in [-0.2, 0) is 11.2 Å². The summed E-state index contributed by atoms with van der Waals surface area (Å²) in [4.78, 5) is 8.44. The van der Waals surface area contributed by atoms with Gasteiger partial charge in [0.1, 0.15) is 10.4 Å². The Labute approximate surface area is 98.2 Å². The van der Waals surface area contributed by atoms with E-state index in [0.717, 1.165) is 23.3 Å². The topological polar surface area (TPSA) is 44.2 Å². The minimum absolute atomic E-state index is 0.612. The summed E-state index contributed by atoms with van der Waals surface area (Å²) in [6, 6.07) is 1.77. The first-order valence-electron chi connectivity index (χ1n) is 4.91. The lowest BCUT2D eigenvalue weighted by Crippen LogP contribution is -2.04. The van der Waals surface area contributed by atoms with Gasteiger partial charge in [-0.2, -0.15) is 4.98 Å². The Hall–Kier alpha value is -0.680. The third-order valence-electron chi connectivity index (χ3n) is 1.78. The number of aryl methyl sites for hydroxylation is 1. The first kappa shape index (κ1) is 12.4. The van der Waals surface area contributed by atoms with Crippen LogP contribution in [0.2, 0.25) is 0 Å². The van der Waals surface area contributed by atoms with Crippen molar-refractivity contribution >= 4 is 15.9 Å². The maximum atomic E-state index is 5.47. The van der Waals surface area contributed by atoms with E-state index >= 15 is 0 Å². The third-order valence-corrected chi connectivity index (χ3v) is 2.18. The van der Waals surface area contributed by atoms with Gasteiger partial charge < -0.3 is 9.47 Å². The molecule has 0 bridgehead atoms. The van der Waals surface area contributed by atoms with E-state index < -0.39 is 0 Å². The summed E-state index contributed by atoms with van der Waals surface area (Å²) in [5.41, 5.74) is 0. The smallest absolute Gasteiger partial charge is 0.217 e. The molecular formula is C10H15BrN2O2. The summed E-state index contributed by atoms with van der Waals surface area (Å²) in [5, 5.41) is 0. The molecule has 1 rings (SSSR count). The van der Waals surface area contributed by atoms with E-state index in [-0.39, 0.29) is 0 Å². The molecule has 0 aliphatic carbocycles. The largest absolute Gasteiger partial charge is 0.477 e. The van der Waals surface area contributed by atoms with Gasteiger partial charge in [0.2, 0.25) is 5.88 Å². The van der Waals surface area contributed by atoms with Crippen LogP contribution in [0.5, 0.6) is 5.88 Å². The molecule has 0 atom stereocenters. The highest BCUT2D eigenvalue weighted by Gasteiger charge is 2.02. The third kappa shape index (κ3) is 4.57. The van der Waals surface area contributed by atoms with Crippen molar-refractivity contribution in [1.82, 2.24) is 9.97 Å². The summed E-state index contributed by atoms with van der Waals surface area (Å²) in [7, 11) is 1.68. The van der Waals surface area contributed by atoms with E-state index in [4.69, 9.17) is 9.47 Å². The maximum Gasteiger partial charge on any atom is 0.217 e. The molecule has 0 radical (unpaired) electrons. The fourth-order valence-electron chi connectivity index (χ4n) is 1.05. The summed E-state index contributed by atoms with van der Waals surface area (Å²) in [6.07, 6.45) is 1.66. The second-order valence-corrected chi connectivity index (χ2v) is 3.81. The van der Waals surface area contributed by atoms with Crippen molar-refractivity contribution < 1.29 is 9.47 Å². The quantitative estimate of drug-likeness (QED) is 0.590. The highest BCUT2D eigenvalue weighted by atomic mass is 79.9. The number of halogens is 1. The fourth-order valence-corrected chi connectivity index (χ4v) is 1.45. The van der Waals surface area contributed by atoms with Crippen LogP contribution in [0, 0.1) is 0 Å². The highest BCUT2D eigenvalue weighted by Crippen LogP contribution is 2.14. The lowest BCUT2D eigenvalue weighted by Gasteiger charge is -2.06. The number of rotatable bonds is 6. The van der Waals surface area contributed by atoms with Crippen molar-refractivity contribution in [2.24, 2.45) is 0 Å². The van der Waals surface area contributed by atoms with Crippen LogP contribution in [0.25, 0.3) is 0 Å². The van der Waals surface area contributed by atoms with Crippen LogP contribution in [0.1, 0.15) is 19.2 Å². The summed E-state index contributed by atoms with van der Waals surface area (Å²) < 4.78 is 11.2. The number of nitrogens with zero attached hydrogens (tertiary/aromatic N) is 2. The zero-order chi connectivity index (χ0) is 11.1. The molecule has 1 heterocycles. The van der Waals surface area contributed by atoms with Crippen LogP contribution >= 0.6 is 15.9 Å². The molecule has 15 heavy (non-hydrogen) atoms. The second-order valence-electron chi connectivity index (χ2n) is 2.99. The minimum atomic E-state index is 0.612. The van der Waals surface area contributed by atoms with Gasteiger partial charge in [-0.3, -0.25) is 0 Å². The van der Waals surface area contributed by atoms with Crippen molar-refractivity contribution in [3.05, 3.63) is 16.5 Å². The van der Waals surface area contributed by atoms with Gasteiger partial charge in [-0.1, -0.05) is 6.92 Å². The fraction of sp³-hybridized carbons (Fsp3) is 0.600. The zero-order valence-electron chi connectivity index (χ0n) is 8.99. The molecule has 0 aliphatic rings. The van der Waals surface area contributed by atoms with Gasteiger partial charge in [0, 0.05) is 32.6 Å². The predicted molar refractivity (Wildman–Crippen MR) is 61.1 cm³/mol. The molecule has 0 unspecified atom stereocenters. The number of aromatic nitrogens is 2. The Kier molecular flexibility index (Phi) is 5.57. The molecule has 0 saturated carbocycles. The standard InChI is InChI=1S/C10H15BrN2O2/c1-3-9-12-8(11)7-10(13-9)15-6-4-5-14-2/h7H,3-6H2,1-2H3. The molecule has 5 heteroatoms. The minimum Gasteiger partial charge on any atom is -0.477 e. The average molecular weight is 275 g/mol. The Morgan fingerprint density at radius 2 is 2.13 bits per heavy atom. The zero-order valence-corrected chi connectivity index (χ0v) is 10.6. The molecular weight excluding hydrogens is 260 g/mol. The second kappa shape index (κ2) is 6.74. The van der Waals surface area contributed by atoms with Crippen molar-refractivity contribution in [3.63, 3.8) is 0 Å². The Balaban J connectivity index is 2.49. The van der Waals surface area contributed by atoms with Gasteiger partial charge >= 0.3 is 0 Å². The van der Waals surface area contributed by atoms with E-state index in [1.165, 1.54) is 0 Å². The van der Waals surface area contributed by atoms with Crippen LogP contribution in [-0.4, -0.2) is 30.3 Å². The van der Waals surface area contributed by atoms with Crippen LogP contribution < -0.4 is 4.74 Å². The van der Waals surface area contributed by atoms with Crippen molar-refractivity contribution in [1.29, 1.82) is 0 Å². The SMILES string of the molecule is CCc1nc(Br)cc(OCCCOC)n1. The van der Waals surface area contributed by atoms with Crippen LogP contribution in [0.3, 0.4) is 0 Å². The normalized spacial score (nSPS) is 10.3. The molecule has 1 aromatic heterocycles. The van der Waals surface area contributed by atoms with Gasteiger partial charge in [-0.05, 0) is 15.9 Å². The summed E-state index contributed by atoms with van der Waals surface area (Å²) >= 11 is 3.32. The van der Waals surface area contributed by atoms with Crippen LogP contribution in [0.15, 0.2) is 10.7 Å². The van der Waals surface area contributed by atoms with E-state index in [1.807, 2.05) is 6.92 Å². The average Bonchev–Trinajstić information content (AvgIpc) is 2.23. The molecule has 0 aliphatic heterocycles. The van der Waals surface area contributed by atoms with Gasteiger partial charge in [0.15, 0.2) is 0 Å². The van der Waals surface area contributed by atoms with Gasteiger partial charge in [0.05, 0.1) is 6.61 Å². The lowest BCUT2D eigenvalue weighted by atomic mass is 10.4. The van der Waals surface area contributed by atoms with E-state index in [0.29, 0.717) is 19.1 Å². The molecule has 0 fully saturated rings. The monoisotopic (exact) mass is 274 g/mol. The van der Waals surface area contributed by atoms with E-state index in [1.54, 1.807) is 13.2 Å². The molecule has 0 N–H and O–H groups in total. The van der Waals surface area contributed by atoms with Gasteiger partial charge in [-0.15, -0.1) is 0 Å². The molecule has 0 saturated heterocycles. The van der Waals surface area contributed by atoms with E-state index in [9.17, 15) is 0 Å². The summed E-state index contributed by atoms with van der Waals surface area (Å²) in [6.45, 7) is 3.32. The Morgan fingerprint density at radius 3 is 2.80 bits per heavy atom. The predicted octanol–water partition coefficient (Wildman–Crippen LogP) is 2.22. The van der Waals surface area contributed by atoms with Crippen LogP contribution in [0.4, 0.5) is 0 Å². The Morgan fingerprint density at radius 1 is 1.33 bits per heavy atom. The number of hydrogen-bond acceptors (Lipinski definition) is 4. The molecule has 0 amide bonds. The van der Waals surface area contributed by atoms with Crippen molar-refractivity contribution in [2.75, 3.05) is 20.3 Å². The van der Waals surface area contributed by atoms with Crippen molar-refractivity contribution in [2.45, 2.75) is 19.8 Å². The van der Waals surface area contributed by atoms with Gasteiger partial charge in [-0.25, -0.2) is 4.98 Å². The number of methoxy groups -OCH3 is 1. The van der Waals surface area contributed by atoms with E-state index in [2.05, 4.69) is 25.9 Å². The number of ether oxygens (including phenoxy) is 2. The Bertz CT molecular complexity index is 307. The maximum absolute atomic E-state index is 5.47. The first-order chi connectivity index (χ1) is 7.26. The summed E-state index contributed by atoms with van der Waals surface area (Å²) in [5.74, 6) is 1.40. The molecule has 0 aromatic carbocycles. The lowest BCUT2D eigenvalue weighted by molar-refractivity contribution is 0.170. The molecule has 1 aromatic rings. The van der Waals surface area contributed by atoms with Gasteiger partial charge in [0.25, 0.3) is 0 Å². The highest BCUT2D eigenvalue weighted by molar-refractivity contribution is 9.10. The molecule has 4 nitrogen and oxygen atoms in total. The molecule has 0 spiro atoms. The van der Waals surface area contributed by atoms with Crippen molar-refractivity contribution in [3.8, 4) is 5.88 Å². The first-order valence-corrected chi connectivity index (χ1v) is 5.70.